The topological polar surface area (TPSA) is 52.6 Å². The number of carbonyl (C=O) groups excluding carboxylic acids is 2. The van der Waals surface area contributed by atoms with Gasteiger partial charge in [-0.2, -0.15) is 0 Å². The Hall–Kier alpha value is -2.53. The van der Waals surface area contributed by atoms with Gasteiger partial charge in [0.25, 0.3) is 0 Å². The van der Waals surface area contributed by atoms with E-state index < -0.39 is 5.60 Å². The molecule has 5 rings (SSSR count). The van der Waals surface area contributed by atoms with Gasteiger partial charge in [0.05, 0.1) is 11.8 Å². The van der Waals surface area contributed by atoms with Crippen LogP contribution in [0.15, 0.2) is 53.4 Å². The van der Waals surface area contributed by atoms with Gasteiger partial charge in [-0.15, -0.1) is 12.6 Å². The summed E-state index contributed by atoms with van der Waals surface area (Å²) < 4.78 is 11.9. The molecular weight excluding hydrogens is 456 g/mol. The third-order valence-electron chi connectivity index (χ3n) is 8.26. The molecule has 0 saturated heterocycles. The second-order valence-corrected chi connectivity index (χ2v) is 11.4. The maximum Gasteiger partial charge on any atom is 0.310 e. The normalized spacial score (nSPS) is 24.6. The second-order valence-electron chi connectivity index (χ2n) is 10.9. The molecule has 4 nitrogen and oxygen atoms in total. The van der Waals surface area contributed by atoms with Crippen LogP contribution in [-0.2, 0) is 24.7 Å². The third-order valence-corrected chi connectivity index (χ3v) is 8.74. The number of thiol groups is 1. The Labute approximate surface area is 212 Å². The number of hydrogen-bond acceptors (Lipinski definition) is 5. The van der Waals surface area contributed by atoms with Gasteiger partial charge in [0.15, 0.2) is 0 Å². The van der Waals surface area contributed by atoms with Crippen LogP contribution >= 0.6 is 12.6 Å². The molecule has 0 aliphatic heterocycles. The first kappa shape index (κ1) is 24.2. The number of carbonyl (C=O) groups is 2. The zero-order chi connectivity index (χ0) is 24.9. The number of ether oxygens (including phenoxy) is 2. The van der Waals surface area contributed by atoms with Crippen LogP contribution in [0.25, 0.3) is 21.5 Å². The summed E-state index contributed by atoms with van der Waals surface area (Å²) >= 11 is 4.79. The number of fused-ring (bicyclic) bond motifs is 4. The minimum Gasteiger partial charge on any atom is -0.462 e. The van der Waals surface area contributed by atoms with Crippen LogP contribution in [0.3, 0.4) is 0 Å². The van der Waals surface area contributed by atoms with Crippen molar-refractivity contribution in [3.63, 3.8) is 0 Å². The summed E-state index contributed by atoms with van der Waals surface area (Å²) in [4.78, 5) is 26.5. The van der Waals surface area contributed by atoms with E-state index in [4.69, 9.17) is 22.1 Å². The van der Waals surface area contributed by atoms with Crippen molar-refractivity contribution in [1.29, 1.82) is 0 Å². The van der Waals surface area contributed by atoms with Crippen LogP contribution in [0.4, 0.5) is 0 Å². The van der Waals surface area contributed by atoms with E-state index in [1.807, 2.05) is 45.9 Å². The van der Waals surface area contributed by atoms with Gasteiger partial charge in [0, 0.05) is 4.90 Å². The van der Waals surface area contributed by atoms with Crippen molar-refractivity contribution < 1.29 is 19.1 Å². The van der Waals surface area contributed by atoms with Crippen molar-refractivity contribution in [2.24, 2.45) is 23.7 Å². The van der Waals surface area contributed by atoms with Gasteiger partial charge < -0.3 is 9.47 Å². The van der Waals surface area contributed by atoms with Gasteiger partial charge in [-0.3, -0.25) is 9.59 Å². The van der Waals surface area contributed by atoms with E-state index in [1.165, 1.54) is 0 Å². The lowest BCUT2D eigenvalue weighted by molar-refractivity contribution is -0.166. The largest absolute Gasteiger partial charge is 0.462 e. The molecule has 5 atom stereocenters. The number of esters is 2. The van der Waals surface area contributed by atoms with Crippen molar-refractivity contribution >= 4 is 46.1 Å². The molecule has 2 bridgehead atoms. The summed E-state index contributed by atoms with van der Waals surface area (Å²) in [5.41, 5.74) is 0.211. The molecular formula is C30H34O4S. The van der Waals surface area contributed by atoms with E-state index in [1.54, 1.807) is 0 Å². The summed E-state index contributed by atoms with van der Waals surface area (Å²) in [5, 5.41) is 4.44. The van der Waals surface area contributed by atoms with E-state index in [0.717, 1.165) is 57.7 Å². The molecule has 5 unspecified atom stereocenters. The molecule has 0 aromatic heterocycles. The summed E-state index contributed by atoms with van der Waals surface area (Å²) in [6.07, 6.45) is 3.17. The van der Waals surface area contributed by atoms with Crippen molar-refractivity contribution in [1.82, 2.24) is 0 Å². The molecule has 2 aliphatic carbocycles. The average molecular weight is 491 g/mol. The number of rotatable bonds is 6. The summed E-state index contributed by atoms with van der Waals surface area (Å²) in [6, 6.07) is 16.6. The smallest absolute Gasteiger partial charge is 0.310 e. The van der Waals surface area contributed by atoms with Crippen molar-refractivity contribution in [3.05, 3.63) is 54.1 Å². The Balaban J connectivity index is 1.29. The maximum atomic E-state index is 13.3. The molecule has 184 valence electrons. The Kier molecular flexibility index (Phi) is 6.33. The lowest BCUT2D eigenvalue weighted by Crippen LogP contribution is -2.35. The molecule has 3 aromatic rings. The zero-order valence-electron chi connectivity index (χ0n) is 20.9. The average Bonchev–Trinajstić information content (AvgIpc) is 3.44. The fourth-order valence-electron chi connectivity index (χ4n) is 5.90. The molecule has 0 spiro atoms. The van der Waals surface area contributed by atoms with E-state index >= 15 is 0 Å². The van der Waals surface area contributed by atoms with Crippen molar-refractivity contribution in [3.8, 4) is 0 Å². The van der Waals surface area contributed by atoms with Gasteiger partial charge in [-0.25, -0.2) is 0 Å². The molecule has 0 N–H and O–H groups in total. The quantitative estimate of drug-likeness (QED) is 0.228. The highest BCUT2D eigenvalue weighted by Gasteiger charge is 2.51. The Bertz CT molecular complexity index is 1300. The van der Waals surface area contributed by atoms with Crippen LogP contribution in [0, 0.1) is 23.7 Å². The van der Waals surface area contributed by atoms with Gasteiger partial charge in [-0.1, -0.05) is 50.2 Å². The summed E-state index contributed by atoms with van der Waals surface area (Å²) in [7, 11) is 0. The van der Waals surface area contributed by atoms with Gasteiger partial charge in [-0.05, 0) is 90.6 Å². The summed E-state index contributed by atoms with van der Waals surface area (Å²) in [6.45, 7) is 7.82. The number of hydrogen-bond donors (Lipinski definition) is 1. The first-order valence-corrected chi connectivity index (χ1v) is 13.2. The van der Waals surface area contributed by atoms with E-state index in [9.17, 15) is 9.59 Å². The lowest BCUT2D eigenvalue weighted by Gasteiger charge is -2.31. The predicted molar refractivity (Wildman–Crippen MR) is 141 cm³/mol. The molecule has 5 heteroatoms. The first-order valence-electron chi connectivity index (χ1n) is 12.8. The molecule has 2 fully saturated rings. The monoisotopic (exact) mass is 490 g/mol. The lowest BCUT2D eigenvalue weighted by atomic mass is 9.86. The Morgan fingerprint density at radius 3 is 2.46 bits per heavy atom. The highest BCUT2D eigenvalue weighted by molar-refractivity contribution is 7.80. The van der Waals surface area contributed by atoms with E-state index in [2.05, 4.69) is 30.3 Å². The van der Waals surface area contributed by atoms with Crippen LogP contribution in [-0.4, -0.2) is 18.0 Å². The molecule has 0 heterocycles. The van der Waals surface area contributed by atoms with Gasteiger partial charge in [0.1, 0.15) is 11.7 Å². The van der Waals surface area contributed by atoms with E-state index in [0.29, 0.717) is 0 Å². The minimum atomic E-state index is -0.752. The zero-order valence-corrected chi connectivity index (χ0v) is 21.8. The highest BCUT2D eigenvalue weighted by atomic mass is 32.1. The van der Waals surface area contributed by atoms with E-state index in [-0.39, 0.29) is 41.7 Å². The highest BCUT2D eigenvalue weighted by Crippen LogP contribution is 2.51. The molecule has 2 saturated carbocycles. The Morgan fingerprint density at radius 2 is 1.74 bits per heavy atom. The number of benzene rings is 3. The maximum absolute atomic E-state index is 13.3. The Morgan fingerprint density at radius 1 is 1.00 bits per heavy atom. The minimum absolute atomic E-state index is 0.0516. The van der Waals surface area contributed by atoms with Crippen LogP contribution in [0.1, 0.15) is 58.9 Å². The molecule has 35 heavy (non-hydrogen) atoms. The van der Waals surface area contributed by atoms with Crippen LogP contribution in [0.5, 0.6) is 0 Å². The molecule has 0 amide bonds. The summed E-state index contributed by atoms with van der Waals surface area (Å²) in [5.74, 6) is 0.0474. The van der Waals surface area contributed by atoms with Crippen LogP contribution < -0.4 is 0 Å². The first-order chi connectivity index (χ1) is 16.7. The fraction of sp³-hybridized carbons (Fsp3) is 0.467. The van der Waals surface area contributed by atoms with Gasteiger partial charge >= 0.3 is 11.9 Å². The van der Waals surface area contributed by atoms with Crippen molar-refractivity contribution in [2.75, 3.05) is 0 Å². The molecule has 3 aromatic carbocycles. The molecule has 2 aliphatic rings. The van der Waals surface area contributed by atoms with Gasteiger partial charge in [0.2, 0.25) is 0 Å². The van der Waals surface area contributed by atoms with Crippen molar-refractivity contribution in [2.45, 2.75) is 70.0 Å². The third kappa shape index (κ3) is 4.44. The van der Waals surface area contributed by atoms with Crippen LogP contribution in [0.2, 0.25) is 0 Å². The second kappa shape index (κ2) is 9.16. The predicted octanol–water partition coefficient (Wildman–Crippen LogP) is 7.06. The molecule has 0 radical (unpaired) electrons. The fourth-order valence-corrected chi connectivity index (χ4v) is 6.30. The SMILES string of the molecule is CCC(C)C(=O)OC1CC2CC1CC2C(=O)OC(C)(C)c1ccc2c(S)c3ccccc3cc2c1. The standard InChI is InChI=1S/C30H34O4S/c1-5-17(2)28(31)33-26-16-20-13-21(26)15-25(20)29(32)34-30(3,4)22-10-11-24-19(14-22)12-18-8-6-7-9-23(18)27(24)35/h6-12,14,17,20-21,25-26,35H,5,13,15-16H2,1-4H3.